The Kier molecular flexibility index (Phi) is 4.44. The van der Waals surface area contributed by atoms with E-state index in [9.17, 15) is 0 Å². The summed E-state index contributed by atoms with van der Waals surface area (Å²) in [5.41, 5.74) is 0.858. The van der Waals surface area contributed by atoms with Crippen LogP contribution in [0.15, 0.2) is 33.9 Å². The van der Waals surface area contributed by atoms with Crippen LogP contribution in [-0.4, -0.2) is 24.9 Å². The molecule has 0 spiro atoms. The summed E-state index contributed by atoms with van der Waals surface area (Å²) in [6, 6.07) is 7.57. The van der Waals surface area contributed by atoms with E-state index in [0.717, 1.165) is 23.0 Å². The van der Waals surface area contributed by atoms with Crippen molar-refractivity contribution in [3.63, 3.8) is 0 Å². The Labute approximate surface area is 136 Å². The molecule has 3 aromatic rings. The van der Waals surface area contributed by atoms with Crippen LogP contribution < -0.4 is 0 Å². The highest BCUT2D eigenvalue weighted by Gasteiger charge is 2.14. The summed E-state index contributed by atoms with van der Waals surface area (Å²) >= 11 is 7.71. The van der Waals surface area contributed by atoms with Gasteiger partial charge in [-0.15, -0.1) is 10.2 Å². The van der Waals surface area contributed by atoms with Crippen LogP contribution in [-0.2, 0) is 19.2 Å². The minimum Gasteiger partial charge on any atom is -0.338 e. The van der Waals surface area contributed by atoms with Crippen LogP contribution in [0.3, 0.4) is 0 Å². The lowest BCUT2D eigenvalue weighted by Crippen LogP contribution is -1.95. The maximum absolute atomic E-state index is 6.21. The number of rotatable bonds is 5. The number of hydrogen-bond acceptors (Lipinski definition) is 6. The molecule has 114 valence electrons. The Bertz CT molecular complexity index is 785. The lowest BCUT2D eigenvalue weighted by molar-refractivity contribution is 0.385. The van der Waals surface area contributed by atoms with E-state index < -0.39 is 0 Å². The molecule has 0 N–H and O–H groups in total. The predicted molar refractivity (Wildman–Crippen MR) is 84.7 cm³/mol. The Morgan fingerprint density at radius 3 is 2.82 bits per heavy atom. The van der Waals surface area contributed by atoms with Gasteiger partial charge in [-0.3, -0.25) is 0 Å². The van der Waals surface area contributed by atoms with Gasteiger partial charge in [-0.25, -0.2) is 0 Å². The van der Waals surface area contributed by atoms with Gasteiger partial charge in [-0.1, -0.05) is 47.6 Å². The van der Waals surface area contributed by atoms with E-state index in [4.69, 9.17) is 16.1 Å². The van der Waals surface area contributed by atoms with E-state index in [1.807, 2.05) is 42.8 Å². The molecule has 2 aromatic heterocycles. The van der Waals surface area contributed by atoms with Gasteiger partial charge in [0.05, 0.1) is 10.8 Å². The van der Waals surface area contributed by atoms with Crippen LogP contribution in [0.2, 0.25) is 5.02 Å². The van der Waals surface area contributed by atoms with Gasteiger partial charge in [-0.05, 0) is 12.1 Å². The molecule has 8 heteroatoms. The smallest absolute Gasteiger partial charge is 0.237 e. The van der Waals surface area contributed by atoms with Gasteiger partial charge in [0.25, 0.3) is 0 Å². The third-order valence-electron chi connectivity index (χ3n) is 3.10. The fraction of sp³-hybridized carbons (Fsp3) is 0.286. The van der Waals surface area contributed by atoms with Crippen LogP contribution in [0.1, 0.15) is 18.6 Å². The zero-order chi connectivity index (χ0) is 15.5. The molecule has 0 bridgehead atoms. The van der Waals surface area contributed by atoms with Crippen LogP contribution >= 0.6 is 23.4 Å². The normalized spacial score (nSPS) is 11.0. The highest BCUT2D eigenvalue weighted by molar-refractivity contribution is 7.98. The predicted octanol–water partition coefficient (Wildman–Crippen LogP) is 3.37. The van der Waals surface area contributed by atoms with Crippen molar-refractivity contribution in [1.29, 1.82) is 0 Å². The van der Waals surface area contributed by atoms with Gasteiger partial charge in [0.1, 0.15) is 0 Å². The summed E-state index contributed by atoms with van der Waals surface area (Å²) in [4.78, 5) is 4.28. The topological polar surface area (TPSA) is 69.6 Å². The molecule has 0 saturated carbocycles. The number of aromatic nitrogens is 5. The van der Waals surface area contributed by atoms with Gasteiger partial charge in [0, 0.05) is 19.0 Å². The van der Waals surface area contributed by atoms with Crippen molar-refractivity contribution in [2.45, 2.75) is 24.3 Å². The molecule has 0 aliphatic carbocycles. The third-order valence-corrected chi connectivity index (χ3v) is 4.44. The highest BCUT2D eigenvalue weighted by Crippen LogP contribution is 2.29. The van der Waals surface area contributed by atoms with Crippen LogP contribution in [0, 0.1) is 0 Å². The van der Waals surface area contributed by atoms with E-state index in [1.54, 1.807) is 0 Å². The fourth-order valence-corrected chi connectivity index (χ4v) is 2.91. The number of benzene rings is 1. The third kappa shape index (κ3) is 3.00. The lowest BCUT2D eigenvalue weighted by Gasteiger charge is -2.04. The Morgan fingerprint density at radius 2 is 2.09 bits per heavy atom. The van der Waals surface area contributed by atoms with Crippen LogP contribution in [0.25, 0.3) is 11.4 Å². The number of hydrogen-bond donors (Lipinski definition) is 0. The van der Waals surface area contributed by atoms with Crippen molar-refractivity contribution < 1.29 is 4.52 Å². The molecule has 0 radical (unpaired) electrons. The second-order valence-corrected chi connectivity index (χ2v) is 5.94. The molecule has 0 atom stereocenters. The minimum atomic E-state index is 0.557. The van der Waals surface area contributed by atoms with Crippen molar-refractivity contribution in [2.75, 3.05) is 0 Å². The van der Waals surface area contributed by atoms with E-state index in [0.29, 0.717) is 22.5 Å². The average Bonchev–Trinajstić information content (AvgIpc) is 3.13. The summed E-state index contributed by atoms with van der Waals surface area (Å²) in [7, 11) is 1.91. The molecule has 22 heavy (non-hydrogen) atoms. The monoisotopic (exact) mass is 335 g/mol. The first-order chi connectivity index (χ1) is 10.7. The summed E-state index contributed by atoms with van der Waals surface area (Å²) in [6.45, 7) is 1.99. The lowest BCUT2D eigenvalue weighted by atomic mass is 10.2. The van der Waals surface area contributed by atoms with E-state index in [2.05, 4.69) is 20.3 Å². The Balaban J connectivity index is 1.77. The first-order valence-corrected chi connectivity index (χ1v) is 8.14. The average molecular weight is 336 g/mol. The largest absolute Gasteiger partial charge is 0.338 e. The molecule has 2 heterocycles. The van der Waals surface area contributed by atoms with Crippen molar-refractivity contribution in [1.82, 2.24) is 24.9 Å². The van der Waals surface area contributed by atoms with Crippen molar-refractivity contribution in [3.8, 4) is 11.4 Å². The molecule has 0 unspecified atom stereocenters. The van der Waals surface area contributed by atoms with E-state index in [-0.39, 0.29) is 0 Å². The SMILES string of the molecule is CCc1noc(CSc2nnc(-c3ccccc3Cl)n2C)n1. The standard InChI is InChI=1S/C14H14ClN5OS/c1-3-11-16-12(21-19-11)8-22-14-18-17-13(20(14)2)9-6-4-5-7-10(9)15/h4-7H,3,8H2,1-2H3. The van der Waals surface area contributed by atoms with Crippen molar-refractivity contribution in [3.05, 3.63) is 41.0 Å². The van der Waals surface area contributed by atoms with Crippen molar-refractivity contribution >= 4 is 23.4 Å². The van der Waals surface area contributed by atoms with Crippen molar-refractivity contribution in [2.24, 2.45) is 7.05 Å². The number of aryl methyl sites for hydroxylation is 1. The van der Waals surface area contributed by atoms with Gasteiger partial charge in [0.2, 0.25) is 5.89 Å². The molecule has 0 aliphatic heterocycles. The minimum absolute atomic E-state index is 0.557. The van der Waals surface area contributed by atoms with Gasteiger partial charge < -0.3 is 9.09 Å². The fourth-order valence-electron chi connectivity index (χ4n) is 1.94. The Hall–Kier alpha value is -1.86. The summed E-state index contributed by atoms with van der Waals surface area (Å²) in [5, 5.41) is 13.7. The zero-order valence-corrected chi connectivity index (χ0v) is 13.7. The Morgan fingerprint density at radius 1 is 1.27 bits per heavy atom. The van der Waals surface area contributed by atoms with E-state index >= 15 is 0 Å². The first kappa shape index (κ1) is 15.1. The molecule has 0 saturated heterocycles. The summed E-state index contributed by atoms with van der Waals surface area (Å²) in [5.74, 6) is 2.59. The maximum atomic E-state index is 6.21. The molecule has 3 rings (SSSR count). The number of thioether (sulfide) groups is 1. The molecule has 0 aliphatic rings. The quantitative estimate of drug-likeness (QED) is 0.666. The maximum Gasteiger partial charge on any atom is 0.237 e. The molecule has 0 amide bonds. The highest BCUT2D eigenvalue weighted by atomic mass is 35.5. The van der Waals surface area contributed by atoms with Gasteiger partial charge in [-0.2, -0.15) is 4.98 Å². The molecular weight excluding hydrogens is 322 g/mol. The van der Waals surface area contributed by atoms with E-state index in [1.165, 1.54) is 11.8 Å². The zero-order valence-electron chi connectivity index (χ0n) is 12.2. The van der Waals surface area contributed by atoms with Gasteiger partial charge in [0.15, 0.2) is 16.8 Å². The first-order valence-electron chi connectivity index (χ1n) is 6.77. The second kappa shape index (κ2) is 6.50. The molecule has 0 fully saturated rings. The second-order valence-electron chi connectivity index (χ2n) is 4.59. The van der Waals surface area contributed by atoms with Gasteiger partial charge >= 0.3 is 0 Å². The van der Waals surface area contributed by atoms with Crippen LogP contribution in [0.5, 0.6) is 0 Å². The number of nitrogens with zero attached hydrogens (tertiary/aromatic N) is 5. The molecular formula is C14H14ClN5OS. The summed E-state index contributed by atoms with van der Waals surface area (Å²) in [6.07, 6.45) is 0.759. The summed E-state index contributed by atoms with van der Waals surface area (Å²) < 4.78 is 7.07. The molecule has 1 aromatic carbocycles. The van der Waals surface area contributed by atoms with Crippen LogP contribution in [0.4, 0.5) is 0 Å². The molecule has 6 nitrogen and oxygen atoms in total. The number of halogens is 1.